The monoisotopic (exact) mass is 484 g/mol. The lowest BCUT2D eigenvalue weighted by Gasteiger charge is -2.37. The van der Waals surface area contributed by atoms with E-state index in [1.165, 1.54) is 36.6 Å². The maximum atomic E-state index is 14.7. The second-order valence-corrected chi connectivity index (χ2v) is 9.25. The molecule has 5 rings (SSSR count). The van der Waals surface area contributed by atoms with Gasteiger partial charge < -0.3 is 25.0 Å². The standard InChI is InChI=1S/C23H21FN4O5S/c1-12(29)32-15-10-28(11-15)22(30)20-9-17-21(34-20)19(6-7-25-17)33-18-5-4-14(8-16(18)24)27-23(31)26-13-2-3-13/h4-9,13,15H,2-3,10-11H2,1H3,(H2,26,27,31). The molecule has 2 fully saturated rings. The molecule has 34 heavy (non-hydrogen) atoms. The Morgan fingerprint density at radius 2 is 1.94 bits per heavy atom. The summed E-state index contributed by atoms with van der Waals surface area (Å²) in [5.74, 6) is -0.861. The molecule has 2 N–H and O–H groups in total. The summed E-state index contributed by atoms with van der Waals surface area (Å²) in [5, 5.41) is 5.37. The summed E-state index contributed by atoms with van der Waals surface area (Å²) in [6, 6.07) is 7.26. The van der Waals surface area contributed by atoms with E-state index in [2.05, 4.69) is 15.6 Å². The molecule has 9 nitrogen and oxygen atoms in total. The molecule has 0 atom stereocenters. The average molecular weight is 485 g/mol. The van der Waals surface area contributed by atoms with Gasteiger partial charge >= 0.3 is 12.0 Å². The summed E-state index contributed by atoms with van der Waals surface area (Å²) in [7, 11) is 0. The zero-order valence-electron chi connectivity index (χ0n) is 18.2. The molecule has 1 saturated heterocycles. The first-order chi connectivity index (χ1) is 16.4. The van der Waals surface area contributed by atoms with Gasteiger partial charge in [-0.2, -0.15) is 0 Å². The first-order valence-corrected chi connectivity index (χ1v) is 11.6. The number of pyridine rings is 1. The quantitative estimate of drug-likeness (QED) is 0.514. The van der Waals surface area contributed by atoms with Gasteiger partial charge in [0.15, 0.2) is 11.6 Å². The van der Waals surface area contributed by atoms with Crippen molar-refractivity contribution in [2.75, 3.05) is 18.4 Å². The molecule has 0 spiro atoms. The minimum atomic E-state index is -0.640. The van der Waals surface area contributed by atoms with Crippen molar-refractivity contribution in [2.24, 2.45) is 0 Å². The van der Waals surface area contributed by atoms with Gasteiger partial charge in [-0.15, -0.1) is 11.3 Å². The number of hydrogen-bond donors (Lipinski definition) is 2. The zero-order chi connectivity index (χ0) is 23.8. The Morgan fingerprint density at radius 1 is 1.15 bits per heavy atom. The number of ether oxygens (including phenoxy) is 2. The normalized spacial score (nSPS) is 15.5. The number of nitrogens with one attached hydrogen (secondary N) is 2. The molecule has 176 valence electrons. The number of carbonyl (C=O) groups is 3. The highest BCUT2D eigenvalue weighted by Crippen LogP contribution is 2.37. The highest BCUT2D eigenvalue weighted by atomic mass is 32.1. The van der Waals surface area contributed by atoms with Crippen LogP contribution in [0.4, 0.5) is 14.9 Å². The van der Waals surface area contributed by atoms with Crippen molar-refractivity contribution in [3.63, 3.8) is 0 Å². The number of halogens is 1. The fraction of sp³-hybridized carbons (Fsp3) is 0.304. The van der Waals surface area contributed by atoms with Gasteiger partial charge in [0.2, 0.25) is 0 Å². The van der Waals surface area contributed by atoms with Crippen LogP contribution >= 0.6 is 11.3 Å². The molecule has 0 unspecified atom stereocenters. The van der Waals surface area contributed by atoms with Crippen LogP contribution in [0.25, 0.3) is 10.2 Å². The highest BCUT2D eigenvalue weighted by molar-refractivity contribution is 7.21. The van der Waals surface area contributed by atoms with Crippen LogP contribution in [0.1, 0.15) is 29.4 Å². The number of urea groups is 1. The fourth-order valence-corrected chi connectivity index (χ4v) is 4.56. The highest BCUT2D eigenvalue weighted by Gasteiger charge is 2.34. The topological polar surface area (TPSA) is 110 Å². The van der Waals surface area contributed by atoms with Gasteiger partial charge in [0.1, 0.15) is 11.9 Å². The molecule has 2 aliphatic rings. The minimum Gasteiger partial charge on any atom is -0.459 e. The van der Waals surface area contributed by atoms with Crippen LogP contribution < -0.4 is 15.4 Å². The van der Waals surface area contributed by atoms with Crippen LogP contribution in [0.15, 0.2) is 36.5 Å². The number of aromatic nitrogens is 1. The minimum absolute atomic E-state index is 0.0195. The largest absolute Gasteiger partial charge is 0.459 e. The van der Waals surface area contributed by atoms with Crippen molar-refractivity contribution in [3.05, 3.63) is 47.2 Å². The SMILES string of the molecule is CC(=O)OC1CN(C(=O)c2cc3nccc(Oc4ccc(NC(=O)NC5CC5)cc4F)c3s2)C1. The Kier molecular flexibility index (Phi) is 5.78. The van der Waals surface area contributed by atoms with E-state index in [-0.39, 0.29) is 35.8 Å². The summed E-state index contributed by atoms with van der Waals surface area (Å²) < 4.78 is 26.2. The Hall–Kier alpha value is -3.73. The molecular formula is C23H21FN4O5S. The maximum absolute atomic E-state index is 14.7. The van der Waals surface area contributed by atoms with Gasteiger partial charge in [-0.3, -0.25) is 14.6 Å². The second kappa shape index (κ2) is 8.90. The van der Waals surface area contributed by atoms with E-state index in [1.54, 1.807) is 23.1 Å². The van der Waals surface area contributed by atoms with Gasteiger partial charge in [0, 0.05) is 37.0 Å². The molecule has 1 aliphatic heterocycles. The molecule has 0 radical (unpaired) electrons. The lowest BCUT2D eigenvalue weighted by Crippen LogP contribution is -2.55. The number of benzene rings is 1. The number of hydrogen-bond acceptors (Lipinski definition) is 7. The predicted octanol–water partition coefficient (Wildman–Crippen LogP) is 3.90. The van der Waals surface area contributed by atoms with E-state index in [0.717, 1.165) is 12.8 Å². The van der Waals surface area contributed by atoms with Crippen LogP contribution in [0.3, 0.4) is 0 Å². The molecule has 2 aromatic heterocycles. The Morgan fingerprint density at radius 3 is 2.65 bits per heavy atom. The van der Waals surface area contributed by atoms with E-state index >= 15 is 0 Å². The molecule has 11 heteroatoms. The molecular weight excluding hydrogens is 463 g/mol. The third kappa shape index (κ3) is 4.79. The fourth-order valence-electron chi connectivity index (χ4n) is 3.53. The molecule has 3 aromatic rings. The molecule has 1 aromatic carbocycles. The van der Waals surface area contributed by atoms with Crippen LogP contribution in [0.2, 0.25) is 0 Å². The number of rotatable bonds is 6. The Balaban J connectivity index is 1.28. The zero-order valence-corrected chi connectivity index (χ0v) is 19.0. The number of carbonyl (C=O) groups excluding carboxylic acids is 3. The van der Waals surface area contributed by atoms with E-state index in [4.69, 9.17) is 9.47 Å². The number of esters is 1. The predicted molar refractivity (Wildman–Crippen MR) is 123 cm³/mol. The first kappa shape index (κ1) is 22.1. The van der Waals surface area contributed by atoms with Crippen LogP contribution in [0.5, 0.6) is 11.5 Å². The first-order valence-electron chi connectivity index (χ1n) is 10.8. The van der Waals surface area contributed by atoms with Gasteiger partial charge in [-0.25, -0.2) is 9.18 Å². The third-order valence-corrected chi connectivity index (χ3v) is 6.50. The third-order valence-electron chi connectivity index (χ3n) is 5.38. The van der Waals surface area contributed by atoms with Crippen molar-refractivity contribution in [2.45, 2.75) is 31.9 Å². The van der Waals surface area contributed by atoms with E-state index in [1.807, 2.05) is 0 Å². The number of thiophene rings is 1. The number of fused-ring (bicyclic) bond motifs is 1. The number of amides is 3. The molecule has 0 bridgehead atoms. The van der Waals surface area contributed by atoms with Crippen molar-refractivity contribution >= 4 is 45.1 Å². The lowest BCUT2D eigenvalue weighted by molar-refractivity contribution is -0.152. The van der Waals surface area contributed by atoms with E-state index in [9.17, 15) is 18.8 Å². The van der Waals surface area contributed by atoms with Crippen molar-refractivity contribution in [1.82, 2.24) is 15.2 Å². The summed E-state index contributed by atoms with van der Waals surface area (Å²) in [6.45, 7) is 2.02. The van der Waals surface area contributed by atoms with Crippen molar-refractivity contribution < 1.29 is 28.2 Å². The summed E-state index contributed by atoms with van der Waals surface area (Å²) in [4.78, 5) is 42.0. The summed E-state index contributed by atoms with van der Waals surface area (Å²) >= 11 is 1.20. The van der Waals surface area contributed by atoms with Crippen molar-refractivity contribution in [3.8, 4) is 11.5 Å². The maximum Gasteiger partial charge on any atom is 0.319 e. The molecule has 3 heterocycles. The van der Waals surface area contributed by atoms with E-state index in [0.29, 0.717) is 39.6 Å². The Labute approximate surface area is 197 Å². The van der Waals surface area contributed by atoms with Crippen LogP contribution in [-0.2, 0) is 9.53 Å². The Bertz CT molecular complexity index is 1290. The molecule has 1 saturated carbocycles. The number of anilines is 1. The van der Waals surface area contributed by atoms with Gasteiger partial charge in [-0.05, 0) is 31.0 Å². The summed E-state index contributed by atoms with van der Waals surface area (Å²) in [6.07, 6.45) is 3.15. The van der Waals surface area contributed by atoms with Gasteiger partial charge in [-0.1, -0.05) is 0 Å². The average Bonchev–Trinajstić information content (AvgIpc) is 3.45. The number of nitrogens with zero attached hydrogens (tertiary/aromatic N) is 2. The smallest absolute Gasteiger partial charge is 0.319 e. The molecule has 3 amide bonds. The molecule has 1 aliphatic carbocycles. The van der Waals surface area contributed by atoms with Gasteiger partial charge in [0.25, 0.3) is 5.91 Å². The lowest BCUT2D eigenvalue weighted by atomic mass is 10.1. The summed E-state index contributed by atoms with van der Waals surface area (Å²) in [5.41, 5.74) is 0.867. The van der Waals surface area contributed by atoms with Crippen LogP contribution in [-0.4, -0.2) is 53.0 Å². The second-order valence-electron chi connectivity index (χ2n) is 8.20. The van der Waals surface area contributed by atoms with Crippen molar-refractivity contribution in [1.29, 1.82) is 0 Å². The van der Waals surface area contributed by atoms with Crippen LogP contribution in [0, 0.1) is 5.82 Å². The van der Waals surface area contributed by atoms with E-state index < -0.39 is 5.82 Å². The van der Waals surface area contributed by atoms with Gasteiger partial charge in [0.05, 0.1) is 28.2 Å². The number of likely N-dealkylation sites (tertiary alicyclic amines) is 1.